The number of amides is 1. The van der Waals surface area contributed by atoms with Crippen molar-refractivity contribution in [1.29, 1.82) is 0 Å². The van der Waals surface area contributed by atoms with Crippen molar-refractivity contribution in [1.82, 2.24) is 15.1 Å². The summed E-state index contributed by atoms with van der Waals surface area (Å²) in [6, 6.07) is 9.35. The van der Waals surface area contributed by atoms with E-state index in [1.165, 1.54) is 5.69 Å². The molecule has 0 radical (unpaired) electrons. The highest BCUT2D eigenvalue weighted by molar-refractivity contribution is 5.95. The van der Waals surface area contributed by atoms with Gasteiger partial charge in [0.2, 0.25) is 0 Å². The summed E-state index contributed by atoms with van der Waals surface area (Å²) in [6.45, 7) is 2.50. The average molecular weight is 311 g/mol. The van der Waals surface area contributed by atoms with E-state index in [0.717, 1.165) is 29.6 Å². The van der Waals surface area contributed by atoms with Crippen LogP contribution in [-0.4, -0.2) is 28.8 Å². The highest BCUT2D eigenvalue weighted by Gasteiger charge is 2.16. The molecule has 0 bridgehead atoms. The molecule has 0 saturated carbocycles. The lowest BCUT2D eigenvalue weighted by atomic mass is 10.2. The summed E-state index contributed by atoms with van der Waals surface area (Å²) in [5.41, 5.74) is 3.06. The van der Waals surface area contributed by atoms with E-state index < -0.39 is 0 Å². The van der Waals surface area contributed by atoms with E-state index in [1.54, 1.807) is 6.07 Å². The highest BCUT2D eigenvalue weighted by atomic mass is 16.5. The number of hydrogen-bond acceptors (Lipinski definition) is 4. The number of benzene rings is 1. The first-order chi connectivity index (χ1) is 11.3. The second kappa shape index (κ2) is 5.89. The van der Waals surface area contributed by atoms with Crippen LogP contribution in [0.4, 0.5) is 0 Å². The fourth-order valence-corrected chi connectivity index (χ4v) is 2.86. The van der Waals surface area contributed by atoms with Crippen LogP contribution in [0.1, 0.15) is 21.8 Å². The molecule has 0 spiro atoms. The predicted molar refractivity (Wildman–Crippen MR) is 84.1 cm³/mol. The Bertz CT molecular complexity index is 817. The molecule has 23 heavy (non-hydrogen) atoms. The normalized spacial score (nSPS) is 13.9. The Balaban J connectivity index is 1.39. The lowest BCUT2D eigenvalue weighted by Gasteiger charge is -2.14. The van der Waals surface area contributed by atoms with Crippen LogP contribution in [0.2, 0.25) is 0 Å². The van der Waals surface area contributed by atoms with E-state index in [2.05, 4.69) is 10.4 Å². The number of para-hydroxylation sites is 1. The smallest absolute Gasteiger partial charge is 0.287 e. The fourth-order valence-electron chi connectivity index (χ4n) is 2.86. The van der Waals surface area contributed by atoms with Crippen molar-refractivity contribution in [2.75, 3.05) is 13.2 Å². The molecule has 1 aromatic carbocycles. The third-order valence-electron chi connectivity index (χ3n) is 4.03. The Kier molecular flexibility index (Phi) is 3.59. The van der Waals surface area contributed by atoms with Crippen LogP contribution in [0.25, 0.3) is 11.0 Å². The number of nitrogens with zero attached hydrogens (tertiary/aromatic N) is 2. The molecular formula is C17H17N3O3. The van der Waals surface area contributed by atoms with Gasteiger partial charge in [-0.1, -0.05) is 18.2 Å². The number of ether oxygens (including phenoxy) is 1. The molecule has 1 aliphatic rings. The fraction of sp³-hybridized carbons (Fsp3) is 0.294. The number of rotatable bonds is 4. The standard InChI is InChI=1S/C17H17N3O3/c21-17(16-9-12-3-1-2-4-15(12)23-16)18-6-7-20-14-5-8-22-11-13(14)10-19-20/h1-4,9-10H,5-8,11H2,(H,18,21). The van der Waals surface area contributed by atoms with Crippen molar-refractivity contribution >= 4 is 16.9 Å². The van der Waals surface area contributed by atoms with Crippen LogP contribution in [0.15, 0.2) is 40.9 Å². The Morgan fingerprint density at radius 3 is 3.17 bits per heavy atom. The topological polar surface area (TPSA) is 69.3 Å². The third-order valence-corrected chi connectivity index (χ3v) is 4.03. The molecule has 3 heterocycles. The first-order valence-electron chi connectivity index (χ1n) is 7.69. The maximum atomic E-state index is 12.2. The quantitative estimate of drug-likeness (QED) is 0.801. The van der Waals surface area contributed by atoms with Crippen molar-refractivity contribution in [2.24, 2.45) is 0 Å². The molecule has 0 fully saturated rings. The van der Waals surface area contributed by atoms with E-state index >= 15 is 0 Å². The van der Waals surface area contributed by atoms with E-state index in [0.29, 0.717) is 25.5 Å². The molecular weight excluding hydrogens is 294 g/mol. The van der Waals surface area contributed by atoms with E-state index in [9.17, 15) is 4.79 Å². The number of fused-ring (bicyclic) bond motifs is 2. The molecule has 0 aliphatic carbocycles. The SMILES string of the molecule is O=C(NCCn1ncc2c1CCOC2)c1cc2ccccc2o1. The molecule has 0 unspecified atom stereocenters. The zero-order chi connectivity index (χ0) is 15.6. The number of carbonyl (C=O) groups is 1. The Morgan fingerprint density at radius 2 is 2.26 bits per heavy atom. The zero-order valence-corrected chi connectivity index (χ0v) is 12.6. The van der Waals surface area contributed by atoms with Gasteiger partial charge < -0.3 is 14.5 Å². The van der Waals surface area contributed by atoms with Crippen molar-refractivity contribution in [3.05, 3.63) is 53.5 Å². The van der Waals surface area contributed by atoms with Crippen LogP contribution >= 0.6 is 0 Å². The van der Waals surface area contributed by atoms with Gasteiger partial charge in [-0.25, -0.2) is 0 Å². The van der Waals surface area contributed by atoms with Crippen LogP contribution in [-0.2, 0) is 24.3 Å². The largest absolute Gasteiger partial charge is 0.451 e. The summed E-state index contributed by atoms with van der Waals surface area (Å²) in [5.74, 6) is 0.132. The number of furan rings is 1. The summed E-state index contributed by atoms with van der Waals surface area (Å²) in [7, 11) is 0. The number of aromatic nitrogens is 2. The van der Waals surface area contributed by atoms with E-state index in [4.69, 9.17) is 9.15 Å². The van der Waals surface area contributed by atoms with Gasteiger partial charge in [0.15, 0.2) is 5.76 Å². The van der Waals surface area contributed by atoms with Gasteiger partial charge in [-0.2, -0.15) is 5.10 Å². The highest BCUT2D eigenvalue weighted by Crippen LogP contribution is 2.18. The maximum absolute atomic E-state index is 12.2. The van der Waals surface area contributed by atoms with Crippen molar-refractivity contribution < 1.29 is 13.9 Å². The van der Waals surface area contributed by atoms with Gasteiger partial charge in [0.05, 0.1) is 26.0 Å². The second-order valence-corrected chi connectivity index (χ2v) is 5.55. The monoisotopic (exact) mass is 311 g/mol. The summed E-state index contributed by atoms with van der Waals surface area (Å²) in [6.07, 6.45) is 2.71. The minimum Gasteiger partial charge on any atom is -0.451 e. The molecule has 1 amide bonds. The molecule has 1 aliphatic heterocycles. The Labute approximate surface area is 133 Å². The molecule has 2 aromatic heterocycles. The van der Waals surface area contributed by atoms with Gasteiger partial charge in [0, 0.05) is 29.6 Å². The van der Waals surface area contributed by atoms with Gasteiger partial charge >= 0.3 is 0 Å². The Hall–Kier alpha value is -2.60. The number of carbonyl (C=O) groups excluding carboxylic acids is 1. The average Bonchev–Trinajstić information content (AvgIpc) is 3.19. The Morgan fingerprint density at radius 1 is 1.35 bits per heavy atom. The van der Waals surface area contributed by atoms with Crippen molar-refractivity contribution in [2.45, 2.75) is 19.6 Å². The van der Waals surface area contributed by atoms with Crippen molar-refractivity contribution in [3.8, 4) is 0 Å². The summed E-state index contributed by atoms with van der Waals surface area (Å²) < 4.78 is 12.9. The first kappa shape index (κ1) is 14.0. The summed E-state index contributed by atoms with van der Waals surface area (Å²) in [5, 5.41) is 8.17. The molecule has 6 nitrogen and oxygen atoms in total. The van der Waals surface area contributed by atoms with Gasteiger partial charge in [0.25, 0.3) is 5.91 Å². The van der Waals surface area contributed by atoms with Crippen LogP contribution < -0.4 is 5.32 Å². The molecule has 1 N–H and O–H groups in total. The first-order valence-corrected chi connectivity index (χ1v) is 7.69. The number of nitrogens with one attached hydrogen (secondary N) is 1. The summed E-state index contributed by atoms with van der Waals surface area (Å²) in [4.78, 5) is 12.2. The van der Waals surface area contributed by atoms with Crippen LogP contribution in [0, 0.1) is 0 Å². The summed E-state index contributed by atoms with van der Waals surface area (Å²) >= 11 is 0. The predicted octanol–water partition coefficient (Wildman–Crippen LogP) is 2.13. The van der Waals surface area contributed by atoms with Gasteiger partial charge in [-0.3, -0.25) is 9.48 Å². The lowest BCUT2D eigenvalue weighted by Crippen LogP contribution is -2.28. The molecule has 0 saturated heterocycles. The lowest BCUT2D eigenvalue weighted by molar-refractivity contribution is 0.0925. The second-order valence-electron chi connectivity index (χ2n) is 5.55. The molecule has 0 atom stereocenters. The molecule has 118 valence electrons. The number of hydrogen-bond donors (Lipinski definition) is 1. The van der Waals surface area contributed by atoms with Crippen LogP contribution in [0.3, 0.4) is 0 Å². The zero-order valence-electron chi connectivity index (χ0n) is 12.6. The van der Waals surface area contributed by atoms with Crippen LogP contribution in [0.5, 0.6) is 0 Å². The van der Waals surface area contributed by atoms with E-state index in [-0.39, 0.29) is 5.91 Å². The minimum atomic E-state index is -0.203. The maximum Gasteiger partial charge on any atom is 0.287 e. The van der Waals surface area contributed by atoms with Gasteiger partial charge in [-0.15, -0.1) is 0 Å². The molecule has 4 rings (SSSR count). The molecule has 3 aromatic rings. The molecule has 6 heteroatoms. The van der Waals surface area contributed by atoms with Gasteiger partial charge in [0.1, 0.15) is 5.58 Å². The van der Waals surface area contributed by atoms with Crippen molar-refractivity contribution in [3.63, 3.8) is 0 Å². The third kappa shape index (κ3) is 2.73. The minimum absolute atomic E-state index is 0.203. The van der Waals surface area contributed by atoms with E-state index in [1.807, 2.05) is 35.1 Å². The van der Waals surface area contributed by atoms with Gasteiger partial charge in [-0.05, 0) is 12.1 Å².